The number of aromatic amines is 1. The van der Waals surface area contributed by atoms with E-state index >= 15 is 0 Å². The maximum atomic E-state index is 4.28. The van der Waals surface area contributed by atoms with E-state index in [9.17, 15) is 0 Å². The summed E-state index contributed by atoms with van der Waals surface area (Å²) in [5.74, 6) is 0. The molecular weight excluding hydrogens is 234 g/mol. The largest absolute Gasteiger partial charge is 0.197 e. The zero-order valence-electron chi connectivity index (χ0n) is 11.1. The van der Waals surface area contributed by atoms with Crippen LogP contribution in [-0.2, 0) is 6.42 Å². The number of aromatic nitrogens is 3. The fourth-order valence-corrected chi connectivity index (χ4v) is 2.45. The predicted octanol–water partition coefficient (Wildman–Crippen LogP) is 3.97. The minimum atomic E-state index is 0.919. The normalized spacial score (nSPS) is 11.0. The molecular formula is C16H17N3. The van der Waals surface area contributed by atoms with Gasteiger partial charge in [-0.1, -0.05) is 49.7 Å². The molecule has 0 spiro atoms. The van der Waals surface area contributed by atoms with Crippen LogP contribution in [0.5, 0.6) is 0 Å². The van der Waals surface area contributed by atoms with Crippen LogP contribution in [0.2, 0.25) is 0 Å². The number of nitrogens with one attached hydrogen (secondary N) is 1. The van der Waals surface area contributed by atoms with Crippen LogP contribution in [0.25, 0.3) is 22.2 Å². The van der Waals surface area contributed by atoms with Gasteiger partial charge in [0.1, 0.15) is 11.0 Å². The van der Waals surface area contributed by atoms with Crippen LogP contribution in [0.15, 0.2) is 42.5 Å². The van der Waals surface area contributed by atoms with Gasteiger partial charge in [-0.3, -0.25) is 0 Å². The number of H-pyrrole nitrogens is 1. The number of hydrogen-bond donors (Lipinski definition) is 1. The molecule has 1 heterocycles. The highest BCUT2D eigenvalue weighted by Gasteiger charge is 2.10. The third kappa shape index (κ3) is 2.24. The predicted molar refractivity (Wildman–Crippen MR) is 77.9 cm³/mol. The summed E-state index contributed by atoms with van der Waals surface area (Å²) < 4.78 is 0. The molecule has 0 amide bonds. The maximum Gasteiger partial charge on any atom is 0.120 e. The molecule has 1 aromatic heterocycles. The molecule has 3 heteroatoms. The topological polar surface area (TPSA) is 41.6 Å². The Kier molecular flexibility index (Phi) is 3.27. The van der Waals surface area contributed by atoms with Crippen molar-refractivity contribution in [2.24, 2.45) is 0 Å². The van der Waals surface area contributed by atoms with Gasteiger partial charge in [0.25, 0.3) is 0 Å². The van der Waals surface area contributed by atoms with E-state index < -0.39 is 0 Å². The van der Waals surface area contributed by atoms with Crippen molar-refractivity contribution in [3.63, 3.8) is 0 Å². The molecule has 19 heavy (non-hydrogen) atoms. The van der Waals surface area contributed by atoms with Gasteiger partial charge in [0.15, 0.2) is 0 Å². The molecule has 0 saturated carbocycles. The Morgan fingerprint density at radius 1 is 0.947 bits per heavy atom. The summed E-state index contributed by atoms with van der Waals surface area (Å²) in [6, 6.07) is 14.7. The average molecular weight is 251 g/mol. The van der Waals surface area contributed by atoms with Crippen LogP contribution in [0.4, 0.5) is 0 Å². The van der Waals surface area contributed by atoms with Gasteiger partial charge in [-0.15, -0.1) is 0 Å². The van der Waals surface area contributed by atoms with Crippen molar-refractivity contribution in [2.45, 2.75) is 26.2 Å². The molecule has 3 aromatic rings. The Labute approximate surface area is 112 Å². The van der Waals surface area contributed by atoms with E-state index in [2.05, 4.69) is 52.7 Å². The van der Waals surface area contributed by atoms with Gasteiger partial charge < -0.3 is 0 Å². The van der Waals surface area contributed by atoms with E-state index in [0.717, 1.165) is 23.0 Å². The van der Waals surface area contributed by atoms with Crippen LogP contribution in [-0.4, -0.2) is 15.4 Å². The lowest BCUT2D eigenvalue weighted by Crippen LogP contribution is -1.91. The fourth-order valence-electron chi connectivity index (χ4n) is 2.45. The summed E-state index contributed by atoms with van der Waals surface area (Å²) in [4.78, 5) is 0. The monoisotopic (exact) mass is 251 g/mol. The SMILES string of the molecule is CCCCc1ccccc1-c1cccc2n[nH]nc12. The summed E-state index contributed by atoms with van der Waals surface area (Å²) in [5.41, 5.74) is 5.70. The van der Waals surface area contributed by atoms with Crippen molar-refractivity contribution in [1.29, 1.82) is 0 Å². The smallest absolute Gasteiger partial charge is 0.120 e. The van der Waals surface area contributed by atoms with Gasteiger partial charge in [0.2, 0.25) is 0 Å². The highest BCUT2D eigenvalue weighted by molar-refractivity contribution is 5.92. The lowest BCUT2D eigenvalue weighted by molar-refractivity contribution is 0.796. The molecule has 0 atom stereocenters. The van der Waals surface area contributed by atoms with Crippen molar-refractivity contribution in [3.05, 3.63) is 48.0 Å². The molecule has 2 aromatic carbocycles. The first-order valence-electron chi connectivity index (χ1n) is 6.78. The Balaban J connectivity index is 2.13. The Hall–Kier alpha value is -2.16. The number of hydrogen-bond acceptors (Lipinski definition) is 2. The summed E-state index contributed by atoms with van der Waals surface area (Å²) in [6.07, 6.45) is 3.54. The van der Waals surface area contributed by atoms with Crippen LogP contribution in [0.1, 0.15) is 25.3 Å². The van der Waals surface area contributed by atoms with Gasteiger partial charge in [0, 0.05) is 5.56 Å². The minimum Gasteiger partial charge on any atom is -0.197 e. The highest BCUT2D eigenvalue weighted by Crippen LogP contribution is 2.29. The lowest BCUT2D eigenvalue weighted by atomic mass is 9.95. The van der Waals surface area contributed by atoms with Crippen molar-refractivity contribution in [2.75, 3.05) is 0 Å². The quantitative estimate of drug-likeness (QED) is 0.762. The Morgan fingerprint density at radius 2 is 1.79 bits per heavy atom. The number of benzene rings is 2. The molecule has 0 radical (unpaired) electrons. The van der Waals surface area contributed by atoms with E-state index in [0.29, 0.717) is 0 Å². The molecule has 1 N–H and O–H groups in total. The number of unbranched alkanes of at least 4 members (excludes halogenated alkanes) is 1. The maximum absolute atomic E-state index is 4.28. The van der Waals surface area contributed by atoms with Crippen LogP contribution < -0.4 is 0 Å². The van der Waals surface area contributed by atoms with Gasteiger partial charge in [-0.2, -0.15) is 15.4 Å². The highest BCUT2D eigenvalue weighted by atomic mass is 15.3. The van der Waals surface area contributed by atoms with E-state index in [-0.39, 0.29) is 0 Å². The molecule has 96 valence electrons. The van der Waals surface area contributed by atoms with E-state index in [1.165, 1.54) is 24.0 Å². The molecule has 3 rings (SSSR count). The first-order chi connectivity index (χ1) is 9.40. The second-order valence-corrected chi connectivity index (χ2v) is 4.76. The standard InChI is InChI=1S/C16H17N3/c1-2-3-7-12-8-4-5-9-13(12)14-10-6-11-15-16(14)18-19-17-15/h4-6,8-11H,2-3,7H2,1H3,(H,17,18,19). The summed E-state index contributed by atoms with van der Waals surface area (Å²) in [5, 5.41) is 11.2. The third-order valence-corrected chi connectivity index (χ3v) is 3.45. The average Bonchev–Trinajstić information content (AvgIpc) is 2.94. The fraction of sp³-hybridized carbons (Fsp3) is 0.250. The minimum absolute atomic E-state index is 0.919. The summed E-state index contributed by atoms with van der Waals surface area (Å²) >= 11 is 0. The number of fused-ring (bicyclic) bond motifs is 1. The van der Waals surface area contributed by atoms with Gasteiger partial charge >= 0.3 is 0 Å². The second kappa shape index (κ2) is 5.22. The van der Waals surface area contributed by atoms with Crippen molar-refractivity contribution < 1.29 is 0 Å². The zero-order valence-corrected chi connectivity index (χ0v) is 11.1. The molecule has 0 unspecified atom stereocenters. The Bertz CT molecular complexity index is 685. The summed E-state index contributed by atoms with van der Waals surface area (Å²) in [6.45, 7) is 2.22. The van der Waals surface area contributed by atoms with Gasteiger partial charge in [-0.05, 0) is 30.0 Å². The summed E-state index contributed by atoms with van der Waals surface area (Å²) in [7, 11) is 0. The lowest BCUT2D eigenvalue weighted by Gasteiger charge is -2.09. The first kappa shape index (κ1) is 11.9. The van der Waals surface area contributed by atoms with Crippen LogP contribution >= 0.6 is 0 Å². The molecule has 0 bridgehead atoms. The van der Waals surface area contributed by atoms with Crippen molar-refractivity contribution in [1.82, 2.24) is 15.4 Å². The van der Waals surface area contributed by atoms with Gasteiger partial charge in [-0.25, -0.2) is 0 Å². The number of rotatable bonds is 4. The van der Waals surface area contributed by atoms with Crippen molar-refractivity contribution >= 4 is 11.0 Å². The van der Waals surface area contributed by atoms with E-state index in [1.54, 1.807) is 0 Å². The van der Waals surface area contributed by atoms with Crippen LogP contribution in [0, 0.1) is 0 Å². The van der Waals surface area contributed by atoms with E-state index in [1.807, 2.05) is 12.1 Å². The van der Waals surface area contributed by atoms with Crippen LogP contribution in [0.3, 0.4) is 0 Å². The molecule has 0 fully saturated rings. The molecule has 0 aliphatic carbocycles. The van der Waals surface area contributed by atoms with Gasteiger partial charge in [0.05, 0.1) is 0 Å². The molecule has 3 nitrogen and oxygen atoms in total. The van der Waals surface area contributed by atoms with Crippen molar-refractivity contribution in [3.8, 4) is 11.1 Å². The zero-order chi connectivity index (χ0) is 13.1. The second-order valence-electron chi connectivity index (χ2n) is 4.76. The third-order valence-electron chi connectivity index (χ3n) is 3.45. The van der Waals surface area contributed by atoms with E-state index in [4.69, 9.17) is 0 Å². The molecule has 0 aliphatic rings. The molecule has 0 saturated heterocycles. The number of nitrogens with zero attached hydrogens (tertiary/aromatic N) is 2. The Morgan fingerprint density at radius 3 is 2.68 bits per heavy atom. The molecule has 0 aliphatic heterocycles. The first-order valence-corrected chi connectivity index (χ1v) is 6.78. The number of para-hydroxylation sites is 1. The number of aryl methyl sites for hydroxylation is 1.